The molecule has 1 unspecified atom stereocenters. The quantitative estimate of drug-likeness (QED) is 0.822. The van der Waals surface area contributed by atoms with Crippen LogP contribution in [-0.2, 0) is 4.74 Å². The number of ether oxygens (including phenoxy) is 1. The molecule has 2 rings (SSSR count). The van der Waals surface area contributed by atoms with Crippen LogP contribution in [0.2, 0.25) is 0 Å². The van der Waals surface area contributed by atoms with Crippen LogP contribution in [0.5, 0.6) is 0 Å². The predicted octanol–water partition coefficient (Wildman–Crippen LogP) is 2.63. The smallest absolute Gasteiger partial charge is 0.254 e. The van der Waals surface area contributed by atoms with Crippen molar-refractivity contribution in [3.8, 4) is 0 Å². The Kier molecular flexibility index (Phi) is 5.74. The summed E-state index contributed by atoms with van der Waals surface area (Å²) in [5.74, 6) is 2.14. The van der Waals surface area contributed by atoms with E-state index in [-0.39, 0.29) is 5.91 Å². The third-order valence-electron chi connectivity index (χ3n) is 3.31. The van der Waals surface area contributed by atoms with E-state index < -0.39 is 0 Å². The van der Waals surface area contributed by atoms with Gasteiger partial charge in [-0.2, -0.15) is 11.8 Å². The number of thioether (sulfide) groups is 1. The molecule has 0 aliphatic carbocycles. The van der Waals surface area contributed by atoms with Crippen LogP contribution in [0.3, 0.4) is 0 Å². The predicted molar refractivity (Wildman–Crippen MR) is 87.2 cm³/mol. The number of hydrogen-bond acceptors (Lipinski definition) is 4. The normalized spacial score (nSPS) is 18.2. The molecule has 1 saturated heterocycles. The second kappa shape index (κ2) is 7.33. The van der Waals surface area contributed by atoms with Gasteiger partial charge in [0.1, 0.15) is 0 Å². The average molecular weight is 359 g/mol. The summed E-state index contributed by atoms with van der Waals surface area (Å²) in [5.41, 5.74) is 7.04. The lowest BCUT2D eigenvalue weighted by molar-refractivity contribution is 0.0624. The topological polar surface area (TPSA) is 55.6 Å². The highest BCUT2D eigenvalue weighted by molar-refractivity contribution is 9.10. The van der Waals surface area contributed by atoms with Gasteiger partial charge >= 0.3 is 0 Å². The van der Waals surface area contributed by atoms with Crippen molar-refractivity contribution in [2.24, 2.45) is 0 Å². The standard InChI is InChI=1S/C14H19BrN2O2S/c1-19-4-3-17(13-2-5-20-9-13)14(18)10-6-11(15)8-12(16)7-10/h6-8,13H,2-5,9,16H2,1H3. The molecule has 1 aromatic rings. The fourth-order valence-electron chi connectivity index (χ4n) is 2.31. The van der Waals surface area contributed by atoms with Gasteiger partial charge in [-0.05, 0) is 30.4 Å². The fraction of sp³-hybridized carbons (Fsp3) is 0.500. The maximum Gasteiger partial charge on any atom is 0.254 e. The van der Waals surface area contributed by atoms with E-state index in [1.165, 1.54) is 0 Å². The summed E-state index contributed by atoms with van der Waals surface area (Å²) < 4.78 is 5.96. The molecule has 110 valence electrons. The average Bonchev–Trinajstić information content (AvgIpc) is 2.91. The molecule has 1 aliphatic rings. The van der Waals surface area contributed by atoms with Crippen LogP contribution in [0.25, 0.3) is 0 Å². The third-order valence-corrected chi connectivity index (χ3v) is 4.91. The van der Waals surface area contributed by atoms with Gasteiger partial charge < -0.3 is 15.4 Å². The van der Waals surface area contributed by atoms with Crippen LogP contribution in [0, 0.1) is 0 Å². The Hall–Kier alpha value is -0.720. The summed E-state index contributed by atoms with van der Waals surface area (Å²) in [4.78, 5) is 14.6. The number of amides is 1. The largest absolute Gasteiger partial charge is 0.399 e. The van der Waals surface area contributed by atoms with Gasteiger partial charge in [0.2, 0.25) is 0 Å². The molecule has 1 fully saturated rings. The number of nitrogens with zero attached hydrogens (tertiary/aromatic N) is 1. The molecule has 4 nitrogen and oxygen atoms in total. The van der Waals surface area contributed by atoms with Crippen molar-refractivity contribution < 1.29 is 9.53 Å². The molecule has 0 saturated carbocycles. The van der Waals surface area contributed by atoms with E-state index in [0.29, 0.717) is 30.4 Å². The number of carbonyl (C=O) groups excluding carboxylic acids is 1. The maximum atomic E-state index is 12.7. The fourth-order valence-corrected chi connectivity index (χ4v) is 4.04. The summed E-state index contributed by atoms with van der Waals surface area (Å²) in [6, 6.07) is 5.64. The molecule has 0 radical (unpaired) electrons. The van der Waals surface area contributed by atoms with Crippen molar-refractivity contribution in [1.82, 2.24) is 4.90 Å². The van der Waals surface area contributed by atoms with Crippen LogP contribution in [0.1, 0.15) is 16.8 Å². The van der Waals surface area contributed by atoms with Crippen molar-refractivity contribution in [2.75, 3.05) is 37.5 Å². The summed E-state index contributed by atoms with van der Waals surface area (Å²) in [6.45, 7) is 1.17. The first kappa shape index (κ1) is 15.7. The van der Waals surface area contributed by atoms with E-state index in [1.54, 1.807) is 19.2 Å². The van der Waals surface area contributed by atoms with E-state index in [0.717, 1.165) is 22.4 Å². The van der Waals surface area contributed by atoms with Crippen molar-refractivity contribution >= 4 is 39.3 Å². The van der Waals surface area contributed by atoms with Gasteiger partial charge in [-0.1, -0.05) is 15.9 Å². The zero-order valence-electron chi connectivity index (χ0n) is 11.5. The summed E-state index contributed by atoms with van der Waals surface area (Å²) in [7, 11) is 1.66. The summed E-state index contributed by atoms with van der Waals surface area (Å²) >= 11 is 5.28. The monoisotopic (exact) mass is 358 g/mol. The molecular weight excluding hydrogens is 340 g/mol. The number of rotatable bonds is 5. The molecule has 20 heavy (non-hydrogen) atoms. The first-order valence-corrected chi connectivity index (χ1v) is 8.50. The minimum atomic E-state index is 0.0301. The van der Waals surface area contributed by atoms with Crippen molar-refractivity contribution in [1.29, 1.82) is 0 Å². The molecule has 0 bridgehead atoms. The molecule has 1 aromatic carbocycles. The van der Waals surface area contributed by atoms with Gasteiger partial charge in [0.25, 0.3) is 5.91 Å². The highest BCUT2D eigenvalue weighted by Gasteiger charge is 2.27. The van der Waals surface area contributed by atoms with Crippen LogP contribution < -0.4 is 5.73 Å². The third kappa shape index (κ3) is 3.90. The van der Waals surface area contributed by atoms with Crippen molar-refractivity contribution in [2.45, 2.75) is 12.5 Å². The molecule has 2 N–H and O–H groups in total. The van der Waals surface area contributed by atoms with E-state index in [1.807, 2.05) is 22.7 Å². The molecule has 1 atom stereocenters. The second-order valence-corrected chi connectivity index (χ2v) is 6.85. The number of halogens is 1. The SMILES string of the molecule is COCCN(C(=O)c1cc(N)cc(Br)c1)C1CCSC1. The summed E-state index contributed by atoms with van der Waals surface area (Å²) in [5, 5.41) is 0. The zero-order valence-corrected chi connectivity index (χ0v) is 13.9. The van der Waals surface area contributed by atoms with E-state index in [9.17, 15) is 4.79 Å². The van der Waals surface area contributed by atoms with Crippen LogP contribution >= 0.6 is 27.7 Å². The minimum Gasteiger partial charge on any atom is -0.399 e. The van der Waals surface area contributed by atoms with Crippen molar-refractivity contribution in [3.05, 3.63) is 28.2 Å². The molecule has 6 heteroatoms. The molecule has 1 amide bonds. The molecule has 0 aromatic heterocycles. The zero-order chi connectivity index (χ0) is 14.5. The van der Waals surface area contributed by atoms with E-state index in [2.05, 4.69) is 15.9 Å². The lowest BCUT2D eigenvalue weighted by atomic mass is 10.1. The molecule has 1 aliphatic heterocycles. The number of anilines is 1. The van der Waals surface area contributed by atoms with Crippen LogP contribution in [0.4, 0.5) is 5.69 Å². The lowest BCUT2D eigenvalue weighted by Gasteiger charge is -2.28. The van der Waals surface area contributed by atoms with Gasteiger partial charge in [0.15, 0.2) is 0 Å². The highest BCUT2D eigenvalue weighted by Crippen LogP contribution is 2.25. The van der Waals surface area contributed by atoms with Crippen LogP contribution in [-0.4, -0.2) is 48.6 Å². The number of carbonyl (C=O) groups is 1. The number of nitrogens with two attached hydrogens (primary N) is 1. The first-order valence-electron chi connectivity index (χ1n) is 6.55. The van der Waals surface area contributed by atoms with Gasteiger partial charge in [0.05, 0.1) is 6.61 Å². The van der Waals surface area contributed by atoms with Crippen LogP contribution in [0.15, 0.2) is 22.7 Å². The first-order chi connectivity index (χ1) is 9.61. The van der Waals surface area contributed by atoms with Crippen molar-refractivity contribution in [3.63, 3.8) is 0 Å². The van der Waals surface area contributed by atoms with Gasteiger partial charge in [0, 0.05) is 41.2 Å². The Bertz CT molecular complexity index is 458. The molecule has 1 heterocycles. The van der Waals surface area contributed by atoms with Gasteiger partial charge in [-0.3, -0.25) is 4.79 Å². The number of methoxy groups -OCH3 is 1. The Morgan fingerprint density at radius 2 is 2.35 bits per heavy atom. The Morgan fingerprint density at radius 3 is 2.95 bits per heavy atom. The minimum absolute atomic E-state index is 0.0301. The molecule has 0 spiro atoms. The lowest BCUT2D eigenvalue weighted by Crippen LogP contribution is -2.42. The van der Waals surface area contributed by atoms with Gasteiger partial charge in [-0.15, -0.1) is 0 Å². The molecular formula is C14H19BrN2O2S. The number of benzene rings is 1. The number of nitrogen functional groups attached to an aromatic ring is 1. The van der Waals surface area contributed by atoms with E-state index in [4.69, 9.17) is 10.5 Å². The summed E-state index contributed by atoms with van der Waals surface area (Å²) in [6.07, 6.45) is 1.05. The van der Waals surface area contributed by atoms with E-state index >= 15 is 0 Å². The highest BCUT2D eigenvalue weighted by atomic mass is 79.9. The maximum absolute atomic E-state index is 12.7. The number of hydrogen-bond donors (Lipinski definition) is 1. The van der Waals surface area contributed by atoms with Gasteiger partial charge in [-0.25, -0.2) is 0 Å². The Labute approximate surface area is 132 Å². The Morgan fingerprint density at radius 1 is 1.55 bits per heavy atom. The Balaban J connectivity index is 2.19. The second-order valence-electron chi connectivity index (χ2n) is 4.78.